The van der Waals surface area contributed by atoms with Gasteiger partial charge in [0.05, 0.1) is 12.8 Å². The van der Waals surface area contributed by atoms with Gasteiger partial charge in [0.2, 0.25) is 0 Å². The van der Waals surface area contributed by atoms with E-state index in [-0.39, 0.29) is 11.7 Å². The molecule has 2 aromatic rings. The van der Waals surface area contributed by atoms with E-state index in [9.17, 15) is 9.18 Å². The Morgan fingerprint density at radius 1 is 1.18 bits per heavy atom. The van der Waals surface area contributed by atoms with Gasteiger partial charge in [0.25, 0.3) is 5.91 Å². The maximum absolute atomic E-state index is 12.7. The van der Waals surface area contributed by atoms with Gasteiger partial charge in [0.15, 0.2) is 0 Å². The molecule has 0 aliphatic rings. The molecule has 0 aromatic heterocycles. The number of hydrazone groups is 1. The first-order valence-electron chi connectivity index (χ1n) is 7.01. The Morgan fingerprint density at radius 3 is 2.50 bits per heavy atom. The number of ether oxygens (including phenoxy) is 1. The van der Waals surface area contributed by atoms with Gasteiger partial charge in [-0.3, -0.25) is 4.79 Å². The number of carbonyl (C=O) groups excluding carboxylic acids is 1. The van der Waals surface area contributed by atoms with Gasteiger partial charge in [-0.1, -0.05) is 19.1 Å². The molecule has 0 fully saturated rings. The van der Waals surface area contributed by atoms with E-state index < -0.39 is 0 Å². The minimum atomic E-state index is -0.319. The molecular formula is C17H17FN2O2. The number of halogens is 1. The molecule has 0 atom stereocenters. The van der Waals surface area contributed by atoms with Crippen molar-refractivity contribution in [3.8, 4) is 5.75 Å². The van der Waals surface area contributed by atoms with Gasteiger partial charge in [-0.2, -0.15) is 5.10 Å². The van der Waals surface area contributed by atoms with Crippen LogP contribution in [0.25, 0.3) is 0 Å². The van der Waals surface area contributed by atoms with Gasteiger partial charge in [0.1, 0.15) is 11.6 Å². The van der Waals surface area contributed by atoms with Gasteiger partial charge >= 0.3 is 0 Å². The first-order valence-corrected chi connectivity index (χ1v) is 7.01. The van der Waals surface area contributed by atoms with E-state index in [2.05, 4.69) is 10.5 Å². The first-order chi connectivity index (χ1) is 10.7. The number of nitrogens with one attached hydrogen (secondary N) is 1. The molecule has 22 heavy (non-hydrogen) atoms. The van der Waals surface area contributed by atoms with Crippen LogP contribution in [0.1, 0.15) is 29.3 Å². The van der Waals surface area contributed by atoms with Crippen molar-refractivity contribution in [2.75, 3.05) is 6.61 Å². The van der Waals surface area contributed by atoms with Crippen LogP contribution in [0.5, 0.6) is 5.75 Å². The molecule has 0 saturated carbocycles. The summed E-state index contributed by atoms with van der Waals surface area (Å²) >= 11 is 0. The van der Waals surface area contributed by atoms with Crippen LogP contribution in [0, 0.1) is 5.82 Å². The molecule has 1 amide bonds. The molecule has 0 unspecified atom stereocenters. The zero-order valence-corrected chi connectivity index (χ0v) is 12.3. The molecule has 1 N–H and O–H groups in total. The molecule has 2 aromatic carbocycles. The lowest BCUT2D eigenvalue weighted by Crippen LogP contribution is -2.17. The fourth-order valence-electron chi connectivity index (χ4n) is 1.70. The molecular weight excluding hydrogens is 283 g/mol. The maximum atomic E-state index is 12.7. The lowest BCUT2D eigenvalue weighted by Gasteiger charge is -2.05. The summed E-state index contributed by atoms with van der Waals surface area (Å²) in [6.45, 7) is 2.68. The molecule has 0 radical (unpaired) electrons. The summed E-state index contributed by atoms with van der Waals surface area (Å²) in [5.41, 5.74) is 3.61. The largest absolute Gasteiger partial charge is 0.494 e. The summed E-state index contributed by atoms with van der Waals surface area (Å²) in [6, 6.07) is 12.6. The molecule has 0 bridgehead atoms. The third kappa shape index (κ3) is 4.70. The van der Waals surface area contributed by atoms with Crippen LogP contribution in [-0.2, 0) is 0 Å². The van der Waals surface area contributed by atoms with Crippen molar-refractivity contribution in [2.24, 2.45) is 5.10 Å². The second-order valence-electron chi connectivity index (χ2n) is 4.62. The van der Waals surface area contributed by atoms with Crippen molar-refractivity contribution >= 4 is 12.1 Å². The first kappa shape index (κ1) is 15.7. The summed E-state index contributed by atoms with van der Waals surface area (Å²) in [6.07, 6.45) is 2.39. The van der Waals surface area contributed by atoms with Gasteiger partial charge in [-0.25, -0.2) is 9.82 Å². The highest BCUT2D eigenvalue weighted by molar-refractivity contribution is 5.94. The molecule has 0 spiro atoms. The number of hydrogen-bond acceptors (Lipinski definition) is 3. The molecule has 0 aliphatic heterocycles. The monoisotopic (exact) mass is 300 g/mol. The second-order valence-corrected chi connectivity index (χ2v) is 4.62. The van der Waals surface area contributed by atoms with E-state index in [4.69, 9.17) is 4.74 Å². The van der Waals surface area contributed by atoms with E-state index in [1.54, 1.807) is 36.4 Å². The normalized spacial score (nSPS) is 10.6. The average molecular weight is 300 g/mol. The third-order valence-corrected chi connectivity index (χ3v) is 2.84. The lowest BCUT2D eigenvalue weighted by molar-refractivity contribution is 0.0955. The lowest BCUT2D eigenvalue weighted by atomic mass is 10.2. The summed E-state index contributed by atoms with van der Waals surface area (Å²) in [5.74, 6) is 0.0974. The molecule has 0 saturated heterocycles. The standard InChI is InChI=1S/C17H17FN2O2/c1-2-11-22-16-9-5-14(6-10-16)17(21)20-19-12-13-3-7-15(18)8-4-13/h3-10,12H,2,11H2,1H3,(H,20,21). The van der Waals surface area contributed by atoms with Crippen LogP contribution < -0.4 is 10.2 Å². The van der Waals surface area contributed by atoms with Crippen LogP contribution in [0.2, 0.25) is 0 Å². The highest BCUT2D eigenvalue weighted by Gasteiger charge is 2.04. The highest BCUT2D eigenvalue weighted by atomic mass is 19.1. The summed E-state index contributed by atoms with van der Waals surface area (Å²) in [4.78, 5) is 11.9. The Kier molecular flexibility index (Phi) is 5.65. The Morgan fingerprint density at radius 2 is 1.86 bits per heavy atom. The number of rotatable bonds is 6. The fourth-order valence-corrected chi connectivity index (χ4v) is 1.70. The minimum Gasteiger partial charge on any atom is -0.494 e. The third-order valence-electron chi connectivity index (χ3n) is 2.84. The Balaban J connectivity index is 1.90. The topological polar surface area (TPSA) is 50.7 Å². The van der Waals surface area contributed by atoms with Crippen LogP contribution >= 0.6 is 0 Å². The van der Waals surface area contributed by atoms with Crippen LogP contribution in [0.3, 0.4) is 0 Å². The smallest absolute Gasteiger partial charge is 0.271 e. The molecule has 0 aliphatic carbocycles. The highest BCUT2D eigenvalue weighted by Crippen LogP contribution is 2.12. The SMILES string of the molecule is CCCOc1ccc(C(=O)NN=Cc2ccc(F)cc2)cc1. The van der Waals surface area contributed by atoms with Crippen molar-refractivity contribution in [1.82, 2.24) is 5.43 Å². The van der Waals surface area contributed by atoms with E-state index in [1.807, 2.05) is 6.92 Å². The second kappa shape index (κ2) is 7.93. The van der Waals surface area contributed by atoms with Crippen LogP contribution in [-0.4, -0.2) is 18.7 Å². The van der Waals surface area contributed by atoms with Crippen molar-refractivity contribution in [3.63, 3.8) is 0 Å². The maximum Gasteiger partial charge on any atom is 0.271 e. The fraction of sp³-hybridized carbons (Fsp3) is 0.176. The van der Waals surface area contributed by atoms with Gasteiger partial charge in [-0.15, -0.1) is 0 Å². The van der Waals surface area contributed by atoms with Crippen molar-refractivity contribution < 1.29 is 13.9 Å². The Labute approximate surface area is 128 Å². The summed E-state index contributed by atoms with van der Waals surface area (Å²) < 4.78 is 18.2. The Hall–Kier alpha value is -2.69. The number of amides is 1. The average Bonchev–Trinajstić information content (AvgIpc) is 2.55. The zero-order valence-electron chi connectivity index (χ0n) is 12.3. The van der Waals surface area contributed by atoms with E-state index >= 15 is 0 Å². The van der Waals surface area contributed by atoms with Gasteiger partial charge in [-0.05, 0) is 48.4 Å². The van der Waals surface area contributed by atoms with Crippen LogP contribution in [0.15, 0.2) is 53.6 Å². The van der Waals surface area contributed by atoms with Crippen LogP contribution in [0.4, 0.5) is 4.39 Å². The number of carbonyl (C=O) groups is 1. The van der Waals surface area contributed by atoms with Crippen molar-refractivity contribution in [1.29, 1.82) is 0 Å². The minimum absolute atomic E-state index is 0.313. The summed E-state index contributed by atoms with van der Waals surface area (Å²) in [5, 5.41) is 3.84. The van der Waals surface area contributed by atoms with Crippen molar-refractivity contribution in [2.45, 2.75) is 13.3 Å². The van der Waals surface area contributed by atoms with E-state index in [0.29, 0.717) is 17.7 Å². The molecule has 4 nitrogen and oxygen atoms in total. The number of benzene rings is 2. The number of hydrogen-bond donors (Lipinski definition) is 1. The van der Waals surface area contributed by atoms with Gasteiger partial charge in [0, 0.05) is 5.56 Å². The Bertz CT molecular complexity index is 637. The summed E-state index contributed by atoms with van der Waals surface area (Å²) in [7, 11) is 0. The van der Waals surface area contributed by atoms with Crippen molar-refractivity contribution in [3.05, 3.63) is 65.5 Å². The molecule has 114 valence electrons. The van der Waals surface area contributed by atoms with Gasteiger partial charge < -0.3 is 4.74 Å². The molecule has 5 heteroatoms. The zero-order chi connectivity index (χ0) is 15.8. The molecule has 2 rings (SSSR count). The quantitative estimate of drug-likeness (QED) is 0.657. The molecule has 0 heterocycles. The van der Waals surface area contributed by atoms with E-state index in [1.165, 1.54) is 18.3 Å². The predicted molar refractivity (Wildman–Crippen MR) is 83.7 cm³/mol. The predicted octanol–water partition coefficient (Wildman–Crippen LogP) is 3.38. The van der Waals surface area contributed by atoms with E-state index in [0.717, 1.165) is 12.2 Å². The number of nitrogens with zero attached hydrogens (tertiary/aromatic N) is 1.